The summed E-state index contributed by atoms with van der Waals surface area (Å²) in [7, 11) is 3.46. The molecule has 0 aromatic rings. The van der Waals surface area contributed by atoms with Gasteiger partial charge in [0.05, 0.1) is 13.5 Å². The highest BCUT2D eigenvalue weighted by Gasteiger charge is 2.44. The summed E-state index contributed by atoms with van der Waals surface area (Å²) in [6.07, 6.45) is 4.04. The van der Waals surface area contributed by atoms with Crippen molar-refractivity contribution in [2.45, 2.75) is 52.0 Å². The molecule has 0 spiro atoms. The van der Waals surface area contributed by atoms with Gasteiger partial charge >= 0.3 is 5.97 Å². The Hall–Kier alpha value is -0.570. The lowest BCUT2D eigenvalue weighted by molar-refractivity contribution is -0.144. The molecule has 3 nitrogen and oxygen atoms in total. The molecule has 3 unspecified atom stereocenters. The van der Waals surface area contributed by atoms with Crippen LogP contribution in [-0.4, -0.2) is 25.7 Å². The van der Waals surface area contributed by atoms with E-state index < -0.39 is 0 Å². The molecule has 100 valence electrons. The van der Waals surface area contributed by atoms with Crippen molar-refractivity contribution in [2.75, 3.05) is 14.2 Å². The van der Waals surface area contributed by atoms with E-state index in [0.717, 1.165) is 6.42 Å². The molecule has 0 heterocycles. The Kier molecular flexibility index (Phi) is 4.99. The third-order valence-corrected chi connectivity index (χ3v) is 4.38. The van der Waals surface area contributed by atoms with E-state index in [2.05, 4.69) is 26.1 Å². The van der Waals surface area contributed by atoms with Crippen LogP contribution >= 0.6 is 0 Å². The smallest absolute Gasteiger partial charge is 0.307 e. The molecule has 0 aromatic heterocycles. The van der Waals surface area contributed by atoms with Gasteiger partial charge in [0.15, 0.2) is 0 Å². The Morgan fingerprint density at radius 2 is 2.12 bits per heavy atom. The Bertz CT molecular complexity index is 265. The number of esters is 1. The second kappa shape index (κ2) is 5.85. The molecule has 1 aliphatic rings. The quantitative estimate of drug-likeness (QED) is 0.769. The third-order valence-electron chi connectivity index (χ3n) is 4.38. The summed E-state index contributed by atoms with van der Waals surface area (Å²) in [6.45, 7) is 6.79. The Balaban J connectivity index is 2.91. The van der Waals surface area contributed by atoms with Crippen LogP contribution in [0, 0.1) is 17.8 Å². The van der Waals surface area contributed by atoms with Gasteiger partial charge < -0.3 is 10.1 Å². The molecule has 0 aliphatic heterocycles. The Morgan fingerprint density at radius 3 is 2.59 bits per heavy atom. The van der Waals surface area contributed by atoms with Crippen molar-refractivity contribution in [3.05, 3.63) is 0 Å². The summed E-state index contributed by atoms with van der Waals surface area (Å²) in [5.74, 6) is 1.74. The summed E-state index contributed by atoms with van der Waals surface area (Å²) >= 11 is 0. The van der Waals surface area contributed by atoms with Crippen LogP contribution in [0.2, 0.25) is 0 Å². The summed E-state index contributed by atoms with van der Waals surface area (Å²) in [4.78, 5) is 11.7. The lowest BCUT2D eigenvalue weighted by Crippen LogP contribution is -2.56. The molecule has 1 N–H and O–H groups in total. The van der Waals surface area contributed by atoms with Crippen molar-refractivity contribution in [2.24, 2.45) is 17.8 Å². The third kappa shape index (κ3) is 3.21. The van der Waals surface area contributed by atoms with Crippen LogP contribution < -0.4 is 5.32 Å². The predicted octanol–water partition coefficient (Wildman–Crippen LogP) is 2.60. The van der Waals surface area contributed by atoms with Crippen molar-refractivity contribution < 1.29 is 9.53 Å². The molecule has 0 amide bonds. The molecule has 0 radical (unpaired) electrons. The van der Waals surface area contributed by atoms with Crippen molar-refractivity contribution in [3.8, 4) is 0 Å². The fourth-order valence-electron chi connectivity index (χ4n) is 3.50. The van der Waals surface area contributed by atoms with Crippen LogP contribution in [0.5, 0.6) is 0 Å². The zero-order chi connectivity index (χ0) is 13.1. The van der Waals surface area contributed by atoms with Crippen LogP contribution in [0.15, 0.2) is 0 Å². The van der Waals surface area contributed by atoms with Crippen LogP contribution in [0.4, 0.5) is 0 Å². The van der Waals surface area contributed by atoms with E-state index in [-0.39, 0.29) is 11.5 Å². The molecule has 1 rings (SSSR count). The van der Waals surface area contributed by atoms with Gasteiger partial charge in [-0.15, -0.1) is 0 Å². The minimum atomic E-state index is -0.0981. The molecule has 0 bridgehead atoms. The van der Waals surface area contributed by atoms with E-state index in [0.29, 0.717) is 24.2 Å². The number of ether oxygens (including phenoxy) is 1. The average molecular weight is 241 g/mol. The molecule has 0 saturated heterocycles. The lowest BCUT2D eigenvalue weighted by atomic mass is 9.63. The maximum absolute atomic E-state index is 11.7. The topological polar surface area (TPSA) is 38.3 Å². The number of methoxy groups -OCH3 is 1. The average Bonchev–Trinajstić information content (AvgIpc) is 2.28. The fourth-order valence-corrected chi connectivity index (χ4v) is 3.50. The highest BCUT2D eigenvalue weighted by atomic mass is 16.5. The monoisotopic (exact) mass is 241 g/mol. The summed E-state index contributed by atoms with van der Waals surface area (Å²) < 4.78 is 4.86. The first-order valence-corrected chi connectivity index (χ1v) is 6.71. The van der Waals surface area contributed by atoms with Crippen molar-refractivity contribution >= 4 is 5.97 Å². The van der Waals surface area contributed by atoms with Crippen molar-refractivity contribution in [1.82, 2.24) is 5.32 Å². The number of hydrogen-bond acceptors (Lipinski definition) is 3. The van der Waals surface area contributed by atoms with Gasteiger partial charge in [0.25, 0.3) is 0 Å². The Labute approximate surface area is 105 Å². The van der Waals surface area contributed by atoms with Crippen molar-refractivity contribution in [3.63, 3.8) is 0 Å². The Morgan fingerprint density at radius 1 is 1.47 bits per heavy atom. The van der Waals surface area contributed by atoms with Gasteiger partial charge in [-0.1, -0.05) is 27.2 Å². The molecule has 1 saturated carbocycles. The van der Waals surface area contributed by atoms with E-state index in [9.17, 15) is 4.79 Å². The van der Waals surface area contributed by atoms with Gasteiger partial charge in [-0.05, 0) is 37.6 Å². The first-order chi connectivity index (χ1) is 7.95. The number of nitrogens with one attached hydrogen (secondary N) is 1. The molecular weight excluding hydrogens is 214 g/mol. The van der Waals surface area contributed by atoms with Crippen LogP contribution in [-0.2, 0) is 9.53 Å². The first-order valence-electron chi connectivity index (χ1n) is 6.71. The van der Waals surface area contributed by atoms with Crippen molar-refractivity contribution in [1.29, 1.82) is 0 Å². The first kappa shape index (κ1) is 14.5. The lowest BCUT2D eigenvalue weighted by Gasteiger charge is -2.48. The van der Waals surface area contributed by atoms with E-state index >= 15 is 0 Å². The molecule has 3 heteroatoms. The summed E-state index contributed by atoms with van der Waals surface area (Å²) in [5, 5.41) is 3.44. The number of carbonyl (C=O) groups excluding carboxylic acids is 1. The predicted molar refractivity (Wildman–Crippen MR) is 69.8 cm³/mol. The molecule has 3 atom stereocenters. The molecule has 1 fully saturated rings. The normalized spacial score (nSPS) is 33.8. The summed E-state index contributed by atoms with van der Waals surface area (Å²) in [5.41, 5.74) is -0.0705. The SMILES string of the molecule is CNC1(CC(=O)OC)CC(C)CCC1C(C)C. The zero-order valence-electron chi connectivity index (χ0n) is 11.9. The van der Waals surface area contributed by atoms with Gasteiger partial charge in [-0.3, -0.25) is 4.79 Å². The minimum absolute atomic E-state index is 0.0705. The molecular formula is C14H27NO2. The highest BCUT2D eigenvalue weighted by molar-refractivity contribution is 5.70. The standard InChI is InChI=1S/C14H27NO2/c1-10(2)12-7-6-11(3)8-14(12,15-4)9-13(16)17-5/h10-12,15H,6-9H2,1-5H3. The maximum atomic E-state index is 11.7. The van der Waals surface area contributed by atoms with E-state index in [1.165, 1.54) is 20.0 Å². The van der Waals surface area contributed by atoms with E-state index in [1.807, 2.05) is 7.05 Å². The molecule has 17 heavy (non-hydrogen) atoms. The van der Waals surface area contributed by atoms with Gasteiger partial charge in [0, 0.05) is 5.54 Å². The number of rotatable bonds is 4. The van der Waals surface area contributed by atoms with Gasteiger partial charge in [0.1, 0.15) is 0 Å². The van der Waals surface area contributed by atoms with E-state index in [4.69, 9.17) is 4.74 Å². The van der Waals surface area contributed by atoms with Gasteiger partial charge in [-0.25, -0.2) is 0 Å². The minimum Gasteiger partial charge on any atom is -0.469 e. The maximum Gasteiger partial charge on any atom is 0.307 e. The summed E-state index contributed by atoms with van der Waals surface area (Å²) in [6, 6.07) is 0. The highest BCUT2D eigenvalue weighted by Crippen LogP contribution is 2.42. The second-order valence-electron chi connectivity index (χ2n) is 5.90. The number of carbonyl (C=O) groups is 1. The zero-order valence-corrected chi connectivity index (χ0v) is 11.9. The van der Waals surface area contributed by atoms with Gasteiger partial charge in [0.2, 0.25) is 0 Å². The van der Waals surface area contributed by atoms with Crippen LogP contribution in [0.3, 0.4) is 0 Å². The van der Waals surface area contributed by atoms with Crippen LogP contribution in [0.25, 0.3) is 0 Å². The number of hydrogen-bond donors (Lipinski definition) is 1. The molecule has 1 aliphatic carbocycles. The largest absolute Gasteiger partial charge is 0.469 e. The van der Waals surface area contributed by atoms with Crippen LogP contribution in [0.1, 0.15) is 46.5 Å². The van der Waals surface area contributed by atoms with Gasteiger partial charge in [-0.2, -0.15) is 0 Å². The second-order valence-corrected chi connectivity index (χ2v) is 5.90. The van der Waals surface area contributed by atoms with E-state index in [1.54, 1.807) is 0 Å². The fraction of sp³-hybridized carbons (Fsp3) is 0.929. The molecule has 0 aromatic carbocycles.